The summed E-state index contributed by atoms with van der Waals surface area (Å²) in [6.07, 6.45) is 4.43. The Morgan fingerprint density at radius 2 is 1.89 bits per heavy atom. The zero-order valence-electron chi connectivity index (χ0n) is 12.0. The van der Waals surface area contributed by atoms with Crippen LogP contribution in [0.4, 0.5) is 0 Å². The second kappa shape index (κ2) is 5.75. The van der Waals surface area contributed by atoms with Gasteiger partial charge in [-0.15, -0.1) is 0 Å². The maximum absolute atomic E-state index is 5.62. The summed E-state index contributed by atoms with van der Waals surface area (Å²) < 4.78 is 11.2. The first-order valence-electron chi connectivity index (χ1n) is 7.04. The SMILES string of the molecule is CCOc1ccc(CCC2OC2CC)c(C)c1C. The molecule has 2 atom stereocenters. The minimum absolute atomic E-state index is 0.501. The van der Waals surface area contributed by atoms with Crippen LogP contribution in [0.3, 0.4) is 0 Å². The highest BCUT2D eigenvalue weighted by atomic mass is 16.6. The molecule has 1 heterocycles. The van der Waals surface area contributed by atoms with Crippen LogP contribution in [0.15, 0.2) is 12.1 Å². The van der Waals surface area contributed by atoms with Gasteiger partial charge in [-0.05, 0) is 62.8 Å². The fourth-order valence-electron chi connectivity index (χ4n) is 2.52. The first-order chi connectivity index (χ1) is 8.67. The van der Waals surface area contributed by atoms with E-state index in [0.717, 1.165) is 31.6 Å². The van der Waals surface area contributed by atoms with Crippen LogP contribution < -0.4 is 4.74 Å². The smallest absolute Gasteiger partial charge is 0.122 e. The summed E-state index contributed by atoms with van der Waals surface area (Å²) >= 11 is 0. The zero-order valence-corrected chi connectivity index (χ0v) is 12.0. The Morgan fingerprint density at radius 1 is 1.11 bits per heavy atom. The van der Waals surface area contributed by atoms with Crippen LogP contribution in [0.5, 0.6) is 5.75 Å². The van der Waals surface area contributed by atoms with Gasteiger partial charge in [-0.25, -0.2) is 0 Å². The van der Waals surface area contributed by atoms with Crippen molar-refractivity contribution in [3.63, 3.8) is 0 Å². The highest BCUT2D eigenvalue weighted by Gasteiger charge is 2.36. The fourth-order valence-corrected chi connectivity index (χ4v) is 2.52. The van der Waals surface area contributed by atoms with Crippen LogP contribution in [0.1, 0.15) is 43.4 Å². The number of hydrogen-bond acceptors (Lipinski definition) is 2. The number of rotatable bonds is 6. The normalized spacial score (nSPS) is 22.0. The summed E-state index contributed by atoms with van der Waals surface area (Å²) in [5.74, 6) is 1.02. The second-order valence-electron chi connectivity index (χ2n) is 5.07. The van der Waals surface area contributed by atoms with E-state index in [1.54, 1.807) is 0 Å². The predicted octanol–water partition coefficient (Wildman–Crippen LogP) is 3.81. The third kappa shape index (κ3) is 2.86. The minimum Gasteiger partial charge on any atom is -0.494 e. The molecule has 1 aromatic carbocycles. The Bertz CT molecular complexity index is 412. The first kappa shape index (κ1) is 13.4. The van der Waals surface area contributed by atoms with Crippen LogP contribution in [-0.2, 0) is 11.2 Å². The summed E-state index contributed by atoms with van der Waals surface area (Å²) in [5.41, 5.74) is 4.08. The Hall–Kier alpha value is -1.02. The molecule has 0 bridgehead atoms. The molecule has 1 aliphatic heterocycles. The molecule has 2 unspecified atom stereocenters. The van der Waals surface area contributed by atoms with E-state index in [9.17, 15) is 0 Å². The van der Waals surface area contributed by atoms with Gasteiger partial charge in [-0.2, -0.15) is 0 Å². The van der Waals surface area contributed by atoms with Crippen LogP contribution in [0.25, 0.3) is 0 Å². The molecule has 2 heteroatoms. The summed E-state index contributed by atoms with van der Waals surface area (Å²) in [5, 5.41) is 0. The van der Waals surface area contributed by atoms with Crippen molar-refractivity contribution < 1.29 is 9.47 Å². The molecular weight excluding hydrogens is 224 g/mol. The Labute approximate surface area is 110 Å². The summed E-state index contributed by atoms with van der Waals surface area (Å²) in [6.45, 7) is 9.28. The van der Waals surface area contributed by atoms with Crippen molar-refractivity contribution in [3.8, 4) is 5.75 Å². The average molecular weight is 248 g/mol. The van der Waals surface area contributed by atoms with Gasteiger partial charge in [-0.1, -0.05) is 13.0 Å². The molecule has 1 aliphatic rings. The van der Waals surface area contributed by atoms with Crippen LogP contribution in [-0.4, -0.2) is 18.8 Å². The van der Waals surface area contributed by atoms with E-state index < -0.39 is 0 Å². The fraction of sp³-hybridized carbons (Fsp3) is 0.625. The van der Waals surface area contributed by atoms with Crippen molar-refractivity contribution in [2.45, 2.75) is 59.2 Å². The highest BCUT2D eigenvalue weighted by Crippen LogP contribution is 2.31. The molecule has 2 rings (SSSR count). The molecule has 1 saturated heterocycles. The summed E-state index contributed by atoms with van der Waals surface area (Å²) in [7, 11) is 0. The second-order valence-corrected chi connectivity index (χ2v) is 5.07. The lowest BCUT2D eigenvalue weighted by Gasteiger charge is -2.13. The van der Waals surface area contributed by atoms with E-state index in [-0.39, 0.29) is 0 Å². The topological polar surface area (TPSA) is 21.8 Å². The molecule has 0 spiro atoms. The number of benzene rings is 1. The lowest BCUT2D eigenvalue weighted by atomic mass is 9.97. The molecule has 1 fully saturated rings. The quantitative estimate of drug-likeness (QED) is 0.714. The number of ether oxygens (including phenoxy) is 2. The van der Waals surface area contributed by atoms with Crippen molar-refractivity contribution in [3.05, 3.63) is 28.8 Å². The molecule has 0 aromatic heterocycles. The number of aryl methyl sites for hydroxylation is 1. The Kier molecular flexibility index (Phi) is 4.28. The molecule has 18 heavy (non-hydrogen) atoms. The molecule has 2 nitrogen and oxygen atoms in total. The van der Waals surface area contributed by atoms with Crippen LogP contribution >= 0.6 is 0 Å². The maximum atomic E-state index is 5.62. The van der Waals surface area contributed by atoms with Gasteiger partial charge in [0.1, 0.15) is 5.75 Å². The molecule has 1 aromatic rings. The van der Waals surface area contributed by atoms with Crippen molar-refractivity contribution in [2.24, 2.45) is 0 Å². The van der Waals surface area contributed by atoms with E-state index in [0.29, 0.717) is 12.2 Å². The van der Waals surface area contributed by atoms with Gasteiger partial charge in [0, 0.05) is 0 Å². The molecule has 0 aliphatic carbocycles. The molecule has 100 valence electrons. The third-order valence-electron chi connectivity index (χ3n) is 3.94. The molecule has 0 radical (unpaired) electrons. The van der Waals surface area contributed by atoms with Crippen LogP contribution in [0.2, 0.25) is 0 Å². The van der Waals surface area contributed by atoms with E-state index >= 15 is 0 Å². The van der Waals surface area contributed by atoms with E-state index in [1.165, 1.54) is 16.7 Å². The standard InChI is InChI=1S/C16H24O2/c1-5-14-16(18-14)10-8-13-7-9-15(17-6-2)12(4)11(13)3/h7,9,14,16H,5-6,8,10H2,1-4H3. The summed E-state index contributed by atoms with van der Waals surface area (Å²) in [6, 6.07) is 4.31. The van der Waals surface area contributed by atoms with Gasteiger partial charge >= 0.3 is 0 Å². The van der Waals surface area contributed by atoms with Crippen molar-refractivity contribution >= 4 is 0 Å². The monoisotopic (exact) mass is 248 g/mol. The van der Waals surface area contributed by atoms with Gasteiger partial charge in [0.25, 0.3) is 0 Å². The van der Waals surface area contributed by atoms with E-state index in [4.69, 9.17) is 9.47 Å². The van der Waals surface area contributed by atoms with Gasteiger partial charge in [0.05, 0.1) is 18.8 Å². The maximum Gasteiger partial charge on any atom is 0.122 e. The molecule has 0 saturated carbocycles. The molecular formula is C16H24O2. The highest BCUT2D eigenvalue weighted by molar-refractivity contribution is 5.43. The first-order valence-corrected chi connectivity index (χ1v) is 7.04. The van der Waals surface area contributed by atoms with Gasteiger partial charge in [0.2, 0.25) is 0 Å². The summed E-state index contributed by atoms with van der Waals surface area (Å²) in [4.78, 5) is 0. The van der Waals surface area contributed by atoms with E-state index in [1.807, 2.05) is 6.92 Å². The largest absolute Gasteiger partial charge is 0.494 e. The lowest BCUT2D eigenvalue weighted by molar-refractivity contribution is 0.337. The number of hydrogen-bond donors (Lipinski definition) is 0. The predicted molar refractivity (Wildman–Crippen MR) is 74.4 cm³/mol. The molecule has 0 amide bonds. The van der Waals surface area contributed by atoms with Crippen molar-refractivity contribution in [1.29, 1.82) is 0 Å². The Balaban J connectivity index is 1.98. The zero-order chi connectivity index (χ0) is 13.1. The minimum atomic E-state index is 0.501. The van der Waals surface area contributed by atoms with Crippen molar-refractivity contribution in [2.75, 3.05) is 6.61 Å². The molecule has 0 N–H and O–H groups in total. The van der Waals surface area contributed by atoms with Gasteiger partial charge < -0.3 is 9.47 Å². The lowest BCUT2D eigenvalue weighted by Crippen LogP contribution is -2.01. The number of epoxide rings is 1. The van der Waals surface area contributed by atoms with Crippen molar-refractivity contribution in [1.82, 2.24) is 0 Å². The van der Waals surface area contributed by atoms with Crippen LogP contribution in [0, 0.1) is 13.8 Å². The van der Waals surface area contributed by atoms with E-state index in [2.05, 4.69) is 32.9 Å². The van der Waals surface area contributed by atoms with Gasteiger partial charge in [0.15, 0.2) is 0 Å². The van der Waals surface area contributed by atoms with Gasteiger partial charge in [-0.3, -0.25) is 0 Å². The average Bonchev–Trinajstić information content (AvgIpc) is 3.13. The third-order valence-corrected chi connectivity index (χ3v) is 3.94. The Morgan fingerprint density at radius 3 is 2.50 bits per heavy atom.